The van der Waals surface area contributed by atoms with E-state index in [2.05, 4.69) is 4.72 Å². The molecule has 2 atom stereocenters. The molecule has 0 saturated heterocycles. The molecule has 1 aromatic carbocycles. The van der Waals surface area contributed by atoms with Gasteiger partial charge in [0.25, 0.3) is 0 Å². The molecule has 1 fully saturated rings. The number of aliphatic hydroxyl groups is 1. The molecule has 5 nitrogen and oxygen atoms in total. The van der Waals surface area contributed by atoms with E-state index >= 15 is 0 Å². The van der Waals surface area contributed by atoms with E-state index in [1.54, 1.807) is 6.07 Å². The summed E-state index contributed by atoms with van der Waals surface area (Å²) in [5, 5.41) is 18.6. The van der Waals surface area contributed by atoms with Gasteiger partial charge in [0, 0.05) is 6.04 Å². The van der Waals surface area contributed by atoms with Crippen molar-refractivity contribution in [2.75, 3.05) is 0 Å². The molecule has 2 N–H and O–H groups in total. The second-order valence-corrected chi connectivity index (χ2v) is 6.43. The molecule has 0 amide bonds. The van der Waals surface area contributed by atoms with E-state index in [0.717, 1.165) is 12.8 Å². The monoisotopic (exact) mass is 280 g/mol. The summed E-state index contributed by atoms with van der Waals surface area (Å²) in [7, 11) is -3.69. The average molecular weight is 280 g/mol. The number of aliphatic hydroxyl groups excluding tert-OH is 1. The SMILES string of the molecule is N#Cc1cccc(S(=O)(=O)N[C@@H]2CCCC[C@H]2O)c1. The highest BCUT2D eigenvalue weighted by atomic mass is 32.2. The molecule has 19 heavy (non-hydrogen) atoms. The van der Waals surface area contributed by atoms with Crippen molar-refractivity contribution < 1.29 is 13.5 Å². The number of rotatable bonds is 3. The highest BCUT2D eigenvalue weighted by Gasteiger charge is 2.28. The summed E-state index contributed by atoms with van der Waals surface area (Å²) in [4.78, 5) is 0.0596. The summed E-state index contributed by atoms with van der Waals surface area (Å²) < 4.78 is 26.9. The predicted octanol–water partition coefficient (Wildman–Crippen LogP) is 1.14. The highest BCUT2D eigenvalue weighted by molar-refractivity contribution is 7.89. The van der Waals surface area contributed by atoms with Crippen LogP contribution in [0.4, 0.5) is 0 Å². The highest BCUT2D eigenvalue weighted by Crippen LogP contribution is 2.21. The van der Waals surface area contributed by atoms with E-state index in [-0.39, 0.29) is 4.90 Å². The number of nitrogens with one attached hydrogen (secondary N) is 1. The summed E-state index contributed by atoms with van der Waals surface area (Å²) in [5.74, 6) is 0. The van der Waals surface area contributed by atoms with Crippen LogP contribution in [0.25, 0.3) is 0 Å². The third-order valence-electron chi connectivity index (χ3n) is 3.31. The van der Waals surface area contributed by atoms with Gasteiger partial charge in [-0.25, -0.2) is 13.1 Å². The van der Waals surface area contributed by atoms with Crippen LogP contribution in [0.3, 0.4) is 0 Å². The zero-order valence-electron chi connectivity index (χ0n) is 10.4. The molecular formula is C13H16N2O3S. The van der Waals surface area contributed by atoms with Crippen LogP contribution in [0.1, 0.15) is 31.2 Å². The first-order chi connectivity index (χ1) is 9.03. The zero-order chi connectivity index (χ0) is 13.9. The van der Waals surface area contributed by atoms with E-state index in [0.29, 0.717) is 18.4 Å². The Morgan fingerprint density at radius 1 is 1.32 bits per heavy atom. The Morgan fingerprint density at radius 3 is 2.74 bits per heavy atom. The van der Waals surface area contributed by atoms with Gasteiger partial charge in [0.2, 0.25) is 10.0 Å². The van der Waals surface area contributed by atoms with Crippen molar-refractivity contribution in [2.45, 2.75) is 42.7 Å². The standard InChI is InChI=1S/C13H16N2O3S/c14-9-10-4-3-5-11(8-10)19(17,18)15-12-6-1-2-7-13(12)16/h3-5,8,12-13,15-16H,1-2,6-7H2/t12-,13-/m1/s1. The smallest absolute Gasteiger partial charge is 0.240 e. The predicted molar refractivity (Wildman–Crippen MR) is 69.7 cm³/mol. The molecule has 2 rings (SSSR count). The topological polar surface area (TPSA) is 90.2 Å². The van der Waals surface area contributed by atoms with Crippen LogP contribution >= 0.6 is 0 Å². The molecule has 6 heteroatoms. The van der Waals surface area contributed by atoms with Gasteiger partial charge in [0.15, 0.2) is 0 Å². The number of hydrogen-bond acceptors (Lipinski definition) is 4. The van der Waals surface area contributed by atoms with Gasteiger partial charge in [0.05, 0.1) is 22.6 Å². The zero-order valence-corrected chi connectivity index (χ0v) is 11.2. The summed E-state index contributed by atoms with van der Waals surface area (Å²) in [6.07, 6.45) is 2.44. The molecule has 1 aliphatic carbocycles. The molecule has 0 bridgehead atoms. The van der Waals surface area contributed by atoms with Crippen molar-refractivity contribution in [1.29, 1.82) is 5.26 Å². The average Bonchev–Trinajstić information content (AvgIpc) is 2.41. The van der Waals surface area contributed by atoms with Crippen LogP contribution in [0.5, 0.6) is 0 Å². The molecular weight excluding hydrogens is 264 g/mol. The van der Waals surface area contributed by atoms with Crippen LogP contribution in [0.15, 0.2) is 29.2 Å². The molecule has 1 aliphatic rings. The maximum atomic E-state index is 12.2. The number of nitrogens with zero attached hydrogens (tertiary/aromatic N) is 1. The minimum atomic E-state index is -3.69. The first kappa shape index (κ1) is 14.0. The Labute approximate surface area is 112 Å². The van der Waals surface area contributed by atoms with Gasteiger partial charge in [-0.15, -0.1) is 0 Å². The number of sulfonamides is 1. The van der Waals surface area contributed by atoms with Crippen molar-refractivity contribution in [3.8, 4) is 6.07 Å². The van der Waals surface area contributed by atoms with Gasteiger partial charge in [-0.2, -0.15) is 5.26 Å². The molecule has 0 aromatic heterocycles. The molecule has 0 spiro atoms. The molecule has 0 unspecified atom stereocenters. The second-order valence-electron chi connectivity index (χ2n) is 4.72. The van der Waals surface area contributed by atoms with Gasteiger partial charge < -0.3 is 5.11 Å². The first-order valence-electron chi connectivity index (χ1n) is 6.23. The maximum absolute atomic E-state index is 12.2. The molecule has 1 aromatic rings. The Balaban J connectivity index is 2.20. The van der Waals surface area contributed by atoms with Crippen LogP contribution < -0.4 is 4.72 Å². The van der Waals surface area contributed by atoms with Crippen molar-refractivity contribution >= 4 is 10.0 Å². The largest absolute Gasteiger partial charge is 0.391 e. The summed E-state index contributed by atoms with van der Waals surface area (Å²) in [6, 6.07) is 7.33. The molecule has 0 radical (unpaired) electrons. The fourth-order valence-electron chi connectivity index (χ4n) is 2.25. The lowest BCUT2D eigenvalue weighted by Crippen LogP contribution is -2.44. The number of hydrogen-bond donors (Lipinski definition) is 2. The van der Waals surface area contributed by atoms with Crippen LogP contribution in [0.2, 0.25) is 0 Å². The van der Waals surface area contributed by atoms with Gasteiger partial charge in [0.1, 0.15) is 0 Å². The quantitative estimate of drug-likeness (QED) is 0.868. The van der Waals surface area contributed by atoms with Gasteiger partial charge in [-0.1, -0.05) is 18.9 Å². The van der Waals surface area contributed by atoms with Gasteiger partial charge >= 0.3 is 0 Å². The van der Waals surface area contributed by atoms with Crippen LogP contribution in [0, 0.1) is 11.3 Å². The van der Waals surface area contributed by atoms with Gasteiger partial charge in [-0.05, 0) is 31.0 Å². The fourth-order valence-corrected chi connectivity index (χ4v) is 3.60. The fraction of sp³-hybridized carbons (Fsp3) is 0.462. The number of nitriles is 1. The van der Waals surface area contributed by atoms with E-state index in [9.17, 15) is 13.5 Å². The summed E-state index contributed by atoms with van der Waals surface area (Å²) in [5.41, 5.74) is 0.298. The minimum Gasteiger partial charge on any atom is -0.391 e. The minimum absolute atomic E-state index is 0.0596. The Hall–Kier alpha value is -1.42. The van der Waals surface area contributed by atoms with E-state index in [4.69, 9.17) is 5.26 Å². The normalized spacial score (nSPS) is 23.8. The van der Waals surface area contributed by atoms with Crippen molar-refractivity contribution in [3.63, 3.8) is 0 Å². The maximum Gasteiger partial charge on any atom is 0.240 e. The lowest BCUT2D eigenvalue weighted by Gasteiger charge is -2.28. The molecule has 1 saturated carbocycles. The third-order valence-corrected chi connectivity index (χ3v) is 4.80. The molecule has 0 heterocycles. The van der Waals surface area contributed by atoms with E-state index in [1.165, 1.54) is 18.2 Å². The Morgan fingerprint density at radius 2 is 2.05 bits per heavy atom. The molecule has 0 aliphatic heterocycles. The van der Waals surface area contributed by atoms with Crippen LogP contribution in [-0.2, 0) is 10.0 Å². The third kappa shape index (κ3) is 3.32. The number of benzene rings is 1. The van der Waals surface area contributed by atoms with Crippen molar-refractivity contribution in [1.82, 2.24) is 4.72 Å². The van der Waals surface area contributed by atoms with Crippen molar-refractivity contribution in [2.24, 2.45) is 0 Å². The lowest BCUT2D eigenvalue weighted by atomic mass is 9.93. The summed E-state index contributed by atoms with van der Waals surface area (Å²) >= 11 is 0. The van der Waals surface area contributed by atoms with E-state index < -0.39 is 22.2 Å². The van der Waals surface area contributed by atoms with Gasteiger partial charge in [-0.3, -0.25) is 0 Å². The van der Waals surface area contributed by atoms with E-state index in [1.807, 2.05) is 6.07 Å². The second kappa shape index (κ2) is 5.70. The van der Waals surface area contributed by atoms with Crippen molar-refractivity contribution in [3.05, 3.63) is 29.8 Å². The Kier molecular flexibility index (Phi) is 4.20. The first-order valence-corrected chi connectivity index (χ1v) is 7.72. The summed E-state index contributed by atoms with van der Waals surface area (Å²) in [6.45, 7) is 0. The Bertz CT molecular complexity index is 592. The van der Waals surface area contributed by atoms with Crippen LogP contribution in [-0.4, -0.2) is 25.7 Å². The molecule has 102 valence electrons. The lowest BCUT2D eigenvalue weighted by molar-refractivity contribution is 0.101.